The van der Waals surface area contributed by atoms with Crippen LogP contribution in [0.1, 0.15) is 68.6 Å². The van der Waals surface area contributed by atoms with Gasteiger partial charge in [0.25, 0.3) is 5.92 Å². The van der Waals surface area contributed by atoms with Gasteiger partial charge in [-0.05, 0) is 105 Å². The lowest BCUT2D eigenvalue weighted by atomic mass is 9.58. The molecule has 3 N–H and O–H groups in total. The van der Waals surface area contributed by atoms with E-state index in [1.54, 1.807) is 24.3 Å². The number of piperidine rings is 2. The third kappa shape index (κ3) is 9.18. The van der Waals surface area contributed by atoms with Gasteiger partial charge in [-0.1, -0.05) is 31.2 Å². The van der Waals surface area contributed by atoms with E-state index in [2.05, 4.69) is 22.1 Å². The molecule has 4 heterocycles. The first-order valence-electron chi connectivity index (χ1n) is 21.5. The van der Waals surface area contributed by atoms with Crippen LogP contribution < -0.4 is 15.5 Å². The molecule has 4 aliphatic heterocycles. The minimum Gasteiger partial charge on any atom is -0.453 e. The summed E-state index contributed by atoms with van der Waals surface area (Å²) in [5, 5.41) is 17.9. The standard InChI is InChI=1S/C45H60F4N6O5/c1-4-41(57)54-17-7-9-34(23-54)45(48,49)38-14-13-37(20-31(38)22-53-24-36(47)25-53)55-28-43(59,29-55)27-52-18-15-32(16-19-52)44(26-50-30(2)56,33-8-5-10-35(46)21-33)39-11-6-12-40(39)51-42(58)60-3/h4-5,8,10,13-14,20-21,32,34,36,39-40,59H,1,6-7,9,11-12,15-19,22-29H2,2-3H3,(H,50,56)(H,51,58)/t34-,39+,40+,44+/m1/s1. The first-order chi connectivity index (χ1) is 28.6. The number of halogens is 4. The molecule has 4 atom stereocenters. The van der Waals surface area contributed by atoms with Crippen molar-refractivity contribution in [3.63, 3.8) is 0 Å². The summed E-state index contributed by atoms with van der Waals surface area (Å²) < 4.78 is 66.6. The normalized spacial score (nSPS) is 25.1. The van der Waals surface area contributed by atoms with Gasteiger partial charge in [0.1, 0.15) is 17.6 Å². The van der Waals surface area contributed by atoms with Gasteiger partial charge in [0.05, 0.1) is 7.11 Å². The summed E-state index contributed by atoms with van der Waals surface area (Å²) in [6.45, 7) is 8.48. The average Bonchev–Trinajstić information content (AvgIpc) is 3.67. The number of amides is 3. The van der Waals surface area contributed by atoms with E-state index in [0.29, 0.717) is 69.8 Å². The zero-order valence-corrected chi connectivity index (χ0v) is 34.8. The highest BCUT2D eigenvalue weighted by molar-refractivity contribution is 5.87. The first kappa shape index (κ1) is 43.9. The number of nitrogens with zero attached hydrogens (tertiary/aromatic N) is 4. The monoisotopic (exact) mass is 840 g/mol. The molecule has 7 rings (SSSR count). The van der Waals surface area contributed by atoms with Crippen LogP contribution in [0.25, 0.3) is 0 Å². The van der Waals surface area contributed by atoms with Crippen LogP contribution in [-0.2, 0) is 32.2 Å². The maximum Gasteiger partial charge on any atom is 0.407 e. The highest BCUT2D eigenvalue weighted by Gasteiger charge is 2.53. The van der Waals surface area contributed by atoms with Gasteiger partial charge in [0.15, 0.2) is 0 Å². The molecule has 1 saturated carbocycles. The van der Waals surface area contributed by atoms with Gasteiger partial charge < -0.3 is 35.2 Å². The van der Waals surface area contributed by atoms with Crippen molar-refractivity contribution in [2.45, 2.75) is 87.6 Å². The van der Waals surface area contributed by atoms with E-state index < -0.39 is 35.1 Å². The molecule has 3 amide bonds. The molecule has 0 bridgehead atoms. The molecule has 0 spiro atoms. The van der Waals surface area contributed by atoms with E-state index in [4.69, 9.17) is 4.74 Å². The fourth-order valence-electron chi connectivity index (χ4n) is 11.0. The average molecular weight is 841 g/mol. The number of alkyl halides is 3. The van der Waals surface area contributed by atoms with Crippen molar-refractivity contribution in [2.24, 2.45) is 17.8 Å². The molecule has 0 unspecified atom stereocenters. The third-order valence-electron chi connectivity index (χ3n) is 14.0. The van der Waals surface area contributed by atoms with E-state index in [0.717, 1.165) is 30.9 Å². The van der Waals surface area contributed by atoms with Crippen molar-refractivity contribution in [3.05, 3.63) is 77.6 Å². The molecule has 2 aromatic rings. The minimum atomic E-state index is -3.22. The molecule has 4 saturated heterocycles. The predicted octanol–water partition coefficient (Wildman–Crippen LogP) is 5.36. The van der Waals surface area contributed by atoms with Crippen LogP contribution in [0.2, 0.25) is 0 Å². The van der Waals surface area contributed by atoms with Crippen molar-refractivity contribution >= 4 is 23.6 Å². The summed E-state index contributed by atoms with van der Waals surface area (Å²) in [6.07, 6.45) is 4.20. The second-order valence-corrected chi connectivity index (χ2v) is 18.0. The van der Waals surface area contributed by atoms with Crippen molar-refractivity contribution < 1.29 is 41.8 Å². The number of benzene rings is 2. The number of likely N-dealkylation sites (tertiary alicyclic amines) is 3. The Kier molecular flexibility index (Phi) is 13.2. The number of rotatable bonds is 14. The summed E-state index contributed by atoms with van der Waals surface area (Å²) in [5.74, 6) is -5.28. The summed E-state index contributed by atoms with van der Waals surface area (Å²) >= 11 is 0. The summed E-state index contributed by atoms with van der Waals surface area (Å²) in [6, 6.07) is 11.3. The fourth-order valence-corrected chi connectivity index (χ4v) is 11.0. The van der Waals surface area contributed by atoms with Gasteiger partial charge in [0.2, 0.25) is 11.8 Å². The Morgan fingerprint density at radius 1 is 0.967 bits per heavy atom. The van der Waals surface area contributed by atoms with Crippen LogP contribution >= 0.6 is 0 Å². The lowest BCUT2D eigenvalue weighted by Crippen LogP contribution is -2.67. The lowest BCUT2D eigenvalue weighted by Gasteiger charge is -2.53. The van der Waals surface area contributed by atoms with Crippen LogP contribution in [0.3, 0.4) is 0 Å². The van der Waals surface area contributed by atoms with Crippen LogP contribution in [-0.4, -0.2) is 128 Å². The van der Waals surface area contributed by atoms with Gasteiger partial charge in [-0.2, -0.15) is 0 Å². The maximum atomic E-state index is 16.4. The predicted molar refractivity (Wildman–Crippen MR) is 220 cm³/mol. The molecule has 2 aromatic carbocycles. The Bertz CT molecular complexity index is 1880. The van der Waals surface area contributed by atoms with Gasteiger partial charge in [-0.15, -0.1) is 0 Å². The lowest BCUT2D eigenvalue weighted by molar-refractivity contribution is -0.134. The SMILES string of the molecule is C=CC(=O)N1CCC[C@@H](C(F)(F)c2ccc(N3CC(O)(CN4CCC([C@@](CNC(C)=O)(c5cccc(F)c5)[C@H]5CCC[C@@H]5NC(=O)OC)CC4)C3)cc2CN2CC(F)C2)C1. The Labute approximate surface area is 350 Å². The van der Waals surface area contributed by atoms with Gasteiger partial charge in [-0.3, -0.25) is 14.5 Å². The molecule has 0 aromatic heterocycles. The van der Waals surface area contributed by atoms with Crippen molar-refractivity contribution in [3.8, 4) is 0 Å². The maximum absolute atomic E-state index is 16.4. The third-order valence-corrected chi connectivity index (χ3v) is 14.0. The zero-order chi connectivity index (χ0) is 42.8. The molecular weight excluding hydrogens is 781 g/mol. The highest BCUT2D eigenvalue weighted by Crippen LogP contribution is 2.51. The Hall–Kier alpha value is -4.21. The molecule has 1 aliphatic carbocycles. The van der Waals surface area contributed by atoms with E-state index in [-0.39, 0.29) is 80.2 Å². The molecule has 0 radical (unpaired) electrons. The summed E-state index contributed by atoms with van der Waals surface area (Å²) in [4.78, 5) is 44.7. The van der Waals surface area contributed by atoms with E-state index in [1.165, 1.54) is 31.1 Å². The number of ether oxygens (including phenoxy) is 1. The number of hydrogen-bond acceptors (Lipinski definition) is 8. The van der Waals surface area contributed by atoms with E-state index >= 15 is 8.78 Å². The molecular formula is C45H60F4N6O5. The fraction of sp³-hybridized carbons (Fsp3) is 0.622. The van der Waals surface area contributed by atoms with Gasteiger partial charge in [0, 0.05) is 94.5 Å². The molecule has 5 fully saturated rings. The number of aliphatic hydroxyl groups is 1. The number of hydrogen-bond donors (Lipinski definition) is 3. The second kappa shape index (κ2) is 18.0. The Balaban J connectivity index is 1.05. The minimum absolute atomic E-state index is 0.0216. The van der Waals surface area contributed by atoms with Crippen molar-refractivity contribution in [1.29, 1.82) is 0 Å². The van der Waals surface area contributed by atoms with Crippen molar-refractivity contribution in [2.75, 3.05) is 77.5 Å². The number of carbonyl (C=O) groups excluding carboxylic acids is 3. The highest BCUT2D eigenvalue weighted by atomic mass is 19.3. The largest absolute Gasteiger partial charge is 0.453 e. The Morgan fingerprint density at radius 3 is 2.38 bits per heavy atom. The van der Waals surface area contributed by atoms with Gasteiger partial charge in [-0.25, -0.2) is 22.4 Å². The molecule has 60 heavy (non-hydrogen) atoms. The zero-order valence-electron chi connectivity index (χ0n) is 34.8. The second-order valence-electron chi connectivity index (χ2n) is 18.0. The number of nitrogens with one attached hydrogen (secondary N) is 2. The molecule has 11 nitrogen and oxygen atoms in total. The molecule has 5 aliphatic rings. The topological polar surface area (TPSA) is 118 Å². The molecule has 15 heteroatoms. The number of β-amino-alcohol motifs (C(OH)–C–C–N with tert-alkyl or cyclic N) is 1. The Morgan fingerprint density at radius 2 is 1.72 bits per heavy atom. The smallest absolute Gasteiger partial charge is 0.407 e. The van der Waals surface area contributed by atoms with E-state index in [9.17, 15) is 28.3 Å². The van der Waals surface area contributed by atoms with Gasteiger partial charge >= 0.3 is 6.09 Å². The summed E-state index contributed by atoms with van der Waals surface area (Å²) in [5.41, 5.74) is 0.0743. The van der Waals surface area contributed by atoms with Crippen LogP contribution in [0, 0.1) is 23.6 Å². The number of anilines is 1. The van der Waals surface area contributed by atoms with Crippen molar-refractivity contribution in [1.82, 2.24) is 25.3 Å². The van der Waals surface area contributed by atoms with E-state index in [1.807, 2.05) is 15.9 Å². The number of alkyl carbamates (subject to hydrolysis) is 1. The van der Waals surface area contributed by atoms with Crippen LogP contribution in [0.5, 0.6) is 0 Å². The summed E-state index contributed by atoms with van der Waals surface area (Å²) in [7, 11) is 1.33. The van der Waals surface area contributed by atoms with Crippen LogP contribution in [0.4, 0.5) is 28.0 Å². The quantitative estimate of drug-likeness (QED) is 0.172. The molecule has 328 valence electrons. The number of methoxy groups -OCH3 is 1. The van der Waals surface area contributed by atoms with Crippen LogP contribution in [0.15, 0.2) is 55.1 Å². The first-order valence-corrected chi connectivity index (χ1v) is 21.5. The number of carbonyl (C=O) groups is 3.